The summed E-state index contributed by atoms with van der Waals surface area (Å²) in [4.78, 5) is 28.6. The average molecular weight is 432 g/mol. The number of hydrogen-bond acceptors (Lipinski definition) is 7. The molecule has 9 heteroatoms. The van der Waals surface area contributed by atoms with Crippen LogP contribution in [0.4, 0.5) is 10.1 Å². The fraction of sp³-hybridized carbons (Fsp3) is 0.364. The minimum absolute atomic E-state index is 0.184. The van der Waals surface area contributed by atoms with Crippen molar-refractivity contribution in [3.05, 3.63) is 47.8 Å². The molecule has 1 heterocycles. The Balaban J connectivity index is 1.55. The number of piperazine rings is 1. The first kappa shape index (κ1) is 22.2. The Hall–Kier alpha value is -3.49. The number of amides is 1. The van der Waals surface area contributed by atoms with Crippen molar-refractivity contribution in [2.45, 2.75) is 0 Å². The van der Waals surface area contributed by atoms with E-state index in [-0.39, 0.29) is 23.9 Å². The molecular weight excluding hydrogens is 407 g/mol. The zero-order valence-electron chi connectivity index (χ0n) is 17.7. The summed E-state index contributed by atoms with van der Waals surface area (Å²) in [6.45, 7) is 1.82. The summed E-state index contributed by atoms with van der Waals surface area (Å²) in [7, 11) is 4.36. The molecule has 2 aromatic carbocycles. The number of carbonyl (C=O) groups excluding carboxylic acids is 2. The average Bonchev–Trinajstić information content (AvgIpc) is 2.81. The monoisotopic (exact) mass is 432 g/mol. The van der Waals surface area contributed by atoms with Crippen molar-refractivity contribution in [3.8, 4) is 17.2 Å². The third kappa shape index (κ3) is 5.17. The number of ether oxygens (including phenoxy) is 4. The van der Waals surface area contributed by atoms with Gasteiger partial charge in [0.15, 0.2) is 18.1 Å². The van der Waals surface area contributed by atoms with Crippen LogP contribution in [-0.4, -0.2) is 70.9 Å². The third-order valence-corrected chi connectivity index (χ3v) is 5.05. The molecule has 166 valence electrons. The maximum Gasteiger partial charge on any atom is 0.338 e. The van der Waals surface area contributed by atoms with Crippen molar-refractivity contribution >= 4 is 17.6 Å². The summed E-state index contributed by atoms with van der Waals surface area (Å²) in [5, 5.41) is 0. The van der Waals surface area contributed by atoms with Crippen molar-refractivity contribution in [3.63, 3.8) is 0 Å². The molecule has 0 radical (unpaired) electrons. The summed E-state index contributed by atoms with van der Waals surface area (Å²) >= 11 is 0. The van der Waals surface area contributed by atoms with Crippen molar-refractivity contribution in [2.75, 3.05) is 59.0 Å². The minimum Gasteiger partial charge on any atom is -0.493 e. The van der Waals surface area contributed by atoms with Gasteiger partial charge in [0.1, 0.15) is 5.82 Å². The number of esters is 1. The van der Waals surface area contributed by atoms with E-state index in [0.29, 0.717) is 43.4 Å². The first-order valence-electron chi connectivity index (χ1n) is 9.72. The quantitative estimate of drug-likeness (QED) is 0.622. The van der Waals surface area contributed by atoms with Crippen LogP contribution < -0.4 is 19.1 Å². The van der Waals surface area contributed by atoms with Gasteiger partial charge in [-0.15, -0.1) is 0 Å². The van der Waals surface area contributed by atoms with Crippen LogP contribution in [0.3, 0.4) is 0 Å². The molecule has 0 bridgehead atoms. The Morgan fingerprint density at radius 2 is 1.48 bits per heavy atom. The molecule has 3 rings (SSSR count). The van der Waals surface area contributed by atoms with Crippen LogP contribution in [0.15, 0.2) is 36.4 Å². The van der Waals surface area contributed by atoms with Gasteiger partial charge in [-0.05, 0) is 36.4 Å². The second-order valence-electron chi connectivity index (χ2n) is 6.83. The number of hydrogen-bond donors (Lipinski definition) is 0. The number of carbonyl (C=O) groups is 2. The minimum atomic E-state index is -0.669. The Labute approximate surface area is 180 Å². The highest BCUT2D eigenvalue weighted by Crippen LogP contribution is 2.38. The van der Waals surface area contributed by atoms with E-state index < -0.39 is 5.97 Å². The number of benzene rings is 2. The summed E-state index contributed by atoms with van der Waals surface area (Å²) in [5.41, 5.74) is 1.09. The van der Waals surface area contributed by atoms with Crippen molar-refractivity contribution in [2.24, 2.45) is 0 Å². The molecule has 0 spiro atoms. The van der Waals surface area contributed by atoms with Gasteiger partial charge in [0.2, 0.25) is 5.75 Å². The van der Waals surface area contributed by atoms with Crippen molar-refractivity contribution in [1.82, 2.24) is 4.90 Å². The number of halogens is 1. The van der Waals surface area contributed by atoms with E-state index in [9.17, 15) is 14.0 Å². The van der Waals surface area contributed by atoms with E-state index in [1.54, 1.807) is 17.0 Å². The summed E-state index contributed by atoms with van der Waals surface area (Å²) < 4.78 is 34.0. The van der Waals surface area contributed by atoms with E-state index >= 15 is 0 Å². The lowest BCUT2D eigenvalue weighted by Gasteiger charge is -2.36. The van der Waals surface area contributed by atoms with E-state index in [0.717, 1.165) is 5.69 Å². The first-order valence-corrected chi connectivity index (χ1v) is 9.72. The zero-order valence-corrected chi connectivity index (χ0v) is 17.7. The van der Waals surface area contributed by atoms with Gasteiger partial charge in [-0.25, -0.2) is 9.18 Å². The molecular formula is C22H25FN2O6. The van der Waals surface area contributed by atoms with Gasteiger partial charge >= 0.3 is 5.97 Å². The molecule has 1 fully saturated rings. The predicted molar refractivity (Wildman–Crippen MR) is 112 cm³/mol. The lowest BCUT2D eigenvalue weighted by atomic mass is 10.2. The summed E-state index contributed by atoms with van der Waals surface area (Å²) in [5.74, 6) is -0.241. The second kappa shape index (κ2) is 10.0. The number of nitrogens with zero attached hydrogens (tertiary/aromatic N) is 2. The molecule has 8 nitrogen and oxygen atoms in total. The van der Waals surface area contributed by atoms with Crippen LogP contribution in [0, 0.1) is 5.82 Å². The maximum absolute atomic E-state index is 13.1. The van der Waals surface area contributed by atoms with Crippen molar-refractivity contribution in [1.29, 1.82) is 0 Å². The molecule has 0 aromatic heterocycles. The van der Waals surface area contributed by atoms with Crippen LogP contribution in [0.25, 0.3) is 0 Å². The topological polar surface area (TPSA) is 77.5 Å². The van der Waals surface area contributed by atoms with Crippen molar-refractivity contribution < 1.29 is 32.9 Å². The summed E-state index contributed by atoms with van der Waals surface area (Å²) in [6.07, 6.45) is 0. The Morgan fingerprint density at radius 3 is 2.00 bits per heavy atom. The summed E-state index contributed by atoms with van der Waals surface area (Å²) in [6, 6.07) is 9.19. The van der Waals surface area contributed by atoms with E-state index in [4.69, 9.17) is 18.9 Å². The van der Waals surface area contributed by atoms with Gasteiger partial charge in [0, 0.05) is 31.9 Å². The molecule has 1 saturated heterocycles. The van der Waals surface area contributed by atoms with E-state index in [2.05, 4.69) is 4.90 Å². The van der Waals surface area contributed by atoms with Gasteiger partial charge in [-0.1, -0.05) is 0 Å². The molecule has 0 saturated carbocycles. The van der Waals surface area contributed by atoms with Crippen LogP contribution in [0.2, 0.25) is 0 Å². The van der Waals surface area contributed by atoms with Gasteiger partial charge in [0.05, 0.1) is 26.9 Å². The molecule has 1 aliphatic rings. The molecule has 0 N–H and O–H groups in total. The fourth-order valence-corrected chi connectivity index (χ4v) is 3.37. The Kier molecular flexibility index (Phi) is 7.17. The predicted octanol–water partition coefficient (Wildman–Crippen LogP) is 2.36. The van der Waals surface area contributed by atoms with E-state index in [1.165, 1.54) is 45.6 Å². The highest BCUT2D eigenvalue weighted by Gasteiger charge is 2.23. The number of rotatable bonds is 7. The molecule has 0 aliphatic carbocycles. The number of anilines is 1. The van der Waals surface area contributed by atoms with Crippen LogP contribution in [0.1, 0.15) is 10.4 Å². The largest absolute Gasteiger partial charge is 0.493 e. The molecule has 0 atom stereocenters. The smallest absolute Gasteiger partial charge is 0.338 e. The molecule has 0 unspecified atom stereocenters. The molecule has 1 aliphatic heterocycles. The standard InChI is InChI=1S/C22H25FN2O6/c1-28-18-12-15(13-19(29-2)21(18)30-3)22(27)31-14-20(26)25-10-8-24(9-11-25)17-6-4-16(23)5-7-17/h4-7,12-13H,8-11,14H2,1-3H3. The lowest BCUT2D eigenvalue weighted by molar-refractivity contribution is -0.134. The molecule has 31 heavy (non-hydrogen) atoms. The zero-order chi connectivity index (χ0) is 22.4. The maximum atomic E-state index is 13.1. The lowest BCUT2D eigenvalue weighted by Crippen LogP contribution is -2.49. The Morgan fingerprint density at radius 1 is 0.903 bits per heavy atom. The van der Waals surface area contributed by atoms with Gasteiger partial charge < -0.3 is 28.7 Å². The second-order valence-corrected chi connectivity index (χ2v) is 6.83. The van der Waals surface area contributed by atoms with Gasteiger partial charge in [-0.3, -0.25) is 4.79 Å². The fourth-order valence-electron chi connectivity index (χ4n) is 3.37. The third-order valence-electron chi connectivity index (χ3n) is 5.05. The van der Waals surface area contributed by atoms with Gasteiger partial charge in [0.25, 0.3) is 5.91 Å². The molecule has 2 aromatic rings. The highest BCUT2D eigenvalue weighted by molar-refractivity contribution is 5.92. The molecule has 1 amide bonds. The van der Waals surface area contributed by atoms with Crippen LogP contribution in [0.5, 0.6) is 17.2 Å². The SMILES string of the molecule is COc1cc(C(=O)OCC(=O)N2CCN(c3ccc(F)cc3)CC2)cc(OC)c1OC. The number of methoxy groups -OCH3 is 3. The first-order chi connectivity index (χ1) is 15.0. The highest BCUT2D eigenvalue weighted by atomic mass is 19.1. The van der Waals surface area contributed by atoms with Crippen LogP contribution >= 0.6 is 0 Å². The Bertz CT molecular complexity index is 901. The van der Waals surface area contributed by atoms with Gasteiger partial charge in [-0.2, -0.15) is 0 Å². The van der Waals surface area contributed by atoms with Crippen LogP contribution in [-0.2, 0) is 9.53 Å². The van der Waals surface area contributed by atoms with E-state index in [1.807, 2.05) is 0 Å². The normalized spacial score (nSPS) is 13.5.